The van der Waals surface area contributed by atoms with Gasteiger partial charge in [-0.15, -0.1) is 22.7 Å². The zero-order valence-corrected chi connectivity index (χ0v) is 14.0. The molecule has 3 rings (SSSR count). The molecule has 0 atom stereocenters. The standard InChI is InChI=1S/C15H11NO4S3/c17-15(18)10-8-14(22-9-10)23(19,20)16-12-5-2-1-4-11(12)13-6-3-7-21-13/h1-9,16H,(H,17,18). The summed E-state index contributed by atoms with van der Waals surface area (Å²) in [5, 5.41) is 12.1. The molecule has 0 saturated heterocycles. The molecule has 23 heavy (non-hydrogen) atoms. The van der Waals surface area contributed by atoms with Crippen molar-refractivity contribution < 1.29 is 18.3 Å². The summed E-state index contributed by atoms with van der Waals surface area (Å²) < 4.78 is 27.4. The fourth-order valence-corrected chi connectivity index (χ4v) is 4.98. The van der Waals surface area contributed by atoms with Crippen LogP contribution >= 0.6 is 22.7 Å². The molecule has 0 amide bonds. The highest BCUT2D eigenvalue weighted by molar-refractivity contribution is 7.94. The van der Waals surface area contributed by atoms with Gasteiger partial charge in [-0.3, -0.25) is 4.72 Å². The highest BCUT2D eigenvalue weighted by atomic mass is 32.2. The fraction of sp³-hybridized carbons (Fsp3) is 0. The van der Waals surface area contributed by atoms with Crippen LogP contribution in [0.4, 0.5) is 5.69 Å². The number of thiophene rings is 2. The Morgan fingerprint density at radius 1 is 1.09 bits per heavy atom. The van der Waals surface area contributed by atoms with Crippen LogP contribution in [0.2, 0.25) is 0 Å². The Kier molecular flexibility index (Phi) is 4.20. The second kappa shape index (κ2) is 6.15. The first kappa shape index (κ1) is 15.7. The molecule has 0 unspecified atom stereocenters. The van der Waals surface area contributed by atoms with E-state index >= 15 is 0 Å². The van der Waals surface area contributed by atoms with Crippen LogP contribution in [0, 0.1) is 0 Å². The molecular formula is C15H11NO4S3. The van der Waals surface area contributed by atoms with Gasteiger partial charge in [-0.2, -0.15) is 0 Å². The molecule has 3 aromatic rings. The van der Waals surface area contributed by atoms with Gasteiger partial charge >= 0.3 is 5.97 Å². The summed E-state index contributed by atoms with van der Waals surface area (Å²) in [7, 11) is -3.83. The van der Waals surface area contributed by atoms with Gasteiger partial charge < -0.3 is 5.11 Å². The third-order valence-electron chi connectivity index (χ3n) is 3.05. The lowest BCUT2D eigenvalue weighted by atomic mass is 10.1. The highest BCUT2D eigenvalue weighted by Crippen LogP contribution is 2.33. The van der Waals surface area contributed by atoms with E-state index in [0.29, 0.717) is 5.69 Å². The van der Waals surface area contributed by atoms with E-state index in [1.807, 2.05) is 29.6 Å². The van der Waals surface area contributed by atoms with Crippen LogP contribution in [0.15, 0.2) is 57.4 Å². The van der Waals surface area contributed by atoms with Gasteiger partial charge in [0.1, 0.15) is 4.21 Å². The molecule has 0 bridgehead atoms. The van der Waals surface area contributed by atoms with E-state index in [9.17, 15) is 13.2 Å². The van der Waals surface area contributed by atoms with E-state index < -0.39 is 16.0 Å². The molecule has 0 spiro atoms. The topological polar surface area (TPSA) is 83.5 Å². The van der Waals surface area contributed by atoms with E-state index in [2.05, 4.69) is 4.72 Å². The Bertz CT molecular complexity index is 943. The normalized spacial score (nSPS) is 11.3. The molecular weight excluding hydrogens is 354 g/mol. The molecule has 1 aromatic carbocycles. The minimum atomic E-state index is -3.83. The predicted molar refractivity (Wildman–Crippen MR) is 91.8 cm³/mol. The second-order valence-electron chi connectivity index (χ2n) is 4.59. The lowest BCUT2D eigenvalue weighted by Gasteiger charge is -2.10. The van der Waals surface area contributed by atoms with Gasteiger partial charge in [0.25, 0.3) is 10.0 Å². The molecule has 5 nitrogen and oxygen atoms in total. The molecule has 0 aliphatic heterocycles. The third kappa shape index (κ3) is 3.29. The number of rotatable bonds is 5. The lowest BCUT2D eigenvalue weighted by molar-refractivity contribution is 0.0697. The number of aromatic carboxylic acids is 1. The van der Waals surface area contributed by atoms with Gasteiger partial charge in [0.15, 0.2) is 0 Å². The maximum Gasteiger partial charge on any atom is 0.336 e. The molecule has 0 saturated carbocycles. The molecule has 0 aliphatic carbocycles. The van der Waals surface area contributed by atoms with Crippen LogP contribution in [-0.4, -0.2) is 19.5 Å². The van der Waals surface area contributed by atoms with Crippen molar-refractivity contribution in [1.29, 1.82) is 0 Å². The van der Waals surface area contributed by atoms with Crippen LogP contribution in [-0.2, 0) is 10.0 Å². The zero-order valence-electron chi connectivity index (χ0n) is 11.6. The summed E-state index contributed by atoms with van der Waals surface area (Å²) in [5.41, 5.74) is 1.20. The van der Waals surface area contributed by atoms with E-state index in [1.54, 1.807) is 12.1 Å². The van der Waals surface area contributed by atoms with Gasteiger partial charge in [0, 0.05) is 15.8 Å². The molecule has 8 heteroatoms. The minimum absolute atomic E-state index is 0.0316. The van der Waals surface area contributed by atoms with Crippen LogP contribution in [0.25, 0.3) is 10.4 Å². The minimum Gasteiger partial charge on any atom is -0.478 e. The quantitative estimate of drug-likeness (QED) is 0.716. The van der Waals surface area contributed by atoms with Crippen molar-refractivity contribution in [2.45, 2.75) is 4.21 Å². The Labute approximate surface area is 140 Å². The fourth-order valence-electron chi connectivity index (χ4n) is 1.98. The number of hydrogen-bond donors (Lipinski definition) is 2. The maximum atomic E-state index is 12.5. The van der Waals surface area contributed by atoms with Gasteiger partial charge in [0.2, 0.25) is 0 Å². The van der Waals surface area contributed by atoms with Gasteiger partial charge in [0.05, 0.1) is 11.3 Å². The predicted octanol–water partition coefficient (Wildman–Crippen LogP) is 3.98. The number of sulfonamides is 1. The summed E-state index contributed by atoms with van der Waals surface area (Å²) in [5.74, 6) is -1.15. The van der Waals surface area contributed by atoms with Crippen LogP contribution < -0.4 is 4.72 Å². The summed E-state index contributed by atoms with van der Waals surface area (Å²) in [4.78, 5) is 11.8. The smallest absolute Gasteiger partial charge is 0.336 e. The number of nitrogens with one attached hydrogen (secondary N) is 1. The van der Waals surface area contributed by atoms with Crippen molar-refractivity contribution >= 4 is 44.4 Å². The number of carboxylic acids is 1. The zero-order chi connectivity index (χ0) is 16.4. The number of carboxylic acid groups (broad SMARTS) is 1. The van der Waals surface area contributed by atoms with Crippen molar-refractivity contribution in [3.63, 3.8) is 0 Å². The van der Waals surface area contributed by atoms with E-state index in [1.165, 1.54) is 16.7 Å². The molecule has 118 valence electrons. The monoisotopic (exact) mass is 365 g/mol. The van der Waals surface area contributed by atoms with Gasteiger partial charge in [-0.25, -0.2) is 13.2 Å². The summed E-state index contributed by atoms with van der Waals surface area (Å²) in [6.07, 6.45) is 0. The molecule has 0 fully saturated rings. The second-order valence-corrected chi connectivity index (χ2v) is 8.36. The third-order valence-corrected chi connectivity index (χ3v) is 6.75. The molecule has 2 heterocycles. The number of carbonyl (C=O) groups is 1. The Morgan fingerprint density at radius 2 is 1.87 bits per heavy atom. The Hall–Kier alpha value is -2.16. The molecule has 2 aromatic heterocycles. The largest absolute Gasteiger partial charge is 0.478 e. The van der Waals surface area contributed by atoms with E-state index in [-0.39, 0.29) is 9.77 Å². The van der Waals surface area contributed by atoms with E-state index in [0.717, 1.165) is 27.8 Å². The maximum absolute atomic E-state index is 12.5. The molecule has 0 aliphatic rings. The average Bonchev–Trinajstić information content (AvgIpc) is 3.19. The Balaban J connectivity index is 1.96. The number of benzene rings is 1. The SMILES string of the molecule is O=C(O)c1csc(S(=O)(=O)Nc2ccccc2-c2cccs2)c1. The van der Waals surface area contributed by atoms with E-state index in [4.69, 9.17) is 5.11 Å². The van der Waals surface area contributed by atoms with Crippen LogP contribution in [0.5, 0.6) is 0 Å². The first-order valence-electron chi connectivity index (χ1n) is 6.45. The highest BCUT2D eigenvalue weighted by Gasteiger charge is 2.20. The van der Waals surface area contributed by atoms with Crippen molar-refractivity contribution in [3.05, 3.63) is 58.8 Å². The first-order valence-corrected chi connectivity index (χ1v) is 9.69. The van der Waals surface area contributed by atoms with Crippen LogP contribution in [0.1, 0.15) is 10.4 Å². The Morgan fingerprint density at radius 3 is 2.52 bits per heavy atom. The molecule has 2 N–H and O–H groups in total. The van der Waals surface area contributed by atoms with Crippen molar-refractivity contribution in [1.82, 2.24) is 0 Å². The first-order chi connectivity index (χ1) is 11.0. The number of anilines is 1. The van der Waals surface area contributed by atoms with Crippen LogP contribution in [0.3, 0.4) is 0 Å². The van der Waals surface area contributed by atoms with Crippen molar-refractivity contribution in [2.75, 3.05) is 4.72 Å². The number of hydrogen-bond acceptors (Lipinski definition) is 5. The van der Waals surface area contributed by atoms with Crippen molar-refractivity contribution in [3.8, 4) is 10.4 Å². The van der Waals surface area contributed by atoms with Gasteiger partial charge in [-0.1, -0.05) is 24.3 Å². The summed E-state index contributed by atoms with van der Waals surface area (Å²) >= 11 is 2.39. The average molecular weight is 365 g/mol. The van der Waals surface area contributed by atoms with Crippen molar-refractivity contribution in [2.24, 2.45) is 0 Å². The summed E-state index contributed by atoms with van der Waals surface area (Å²) in [6, 6.07) is 12.0. The number of para-hydroxylation sites is 1. The summed E-state index contributed by atoms with van der Waals surface area (Å²) in [6.45, 7) is 0. The molecule has 0 radical (unpaired) electrons. The van der Waals surface area contributed by atoms with Gasteiger partial charge in [-0.05, 0) is 23.6 Å². The lowest BCUT2D eigenvalue weighted by Crippen LogP contribution is -2.12.